The number of para-hydroxylation sites is 1. The third-order valence-corrected chi connectivity index (χ3v) is 5.22. The first-order chi connectivity index (χ1) is 15.5. The van der Waals surface area contributed by atoms with E-state index in [2.05, 4.69) is 16.3 Å². The van der Waals surface area contributed by atoms with Gasteiger partial charge in [0.25, 0.3) is 5.88 Å². The lowest BCUT2D eigenvalue weighted by Gasteiger charge is -2.22. The molecule has 32 heavy (non-hydrogen) atoms. The molecule has 2 aromatic rings. The second kappa shape index (κ2) is 12.0. The fourth-order valence-electron chi connectivity index (χ4n) is 3.20. The number of nitrogens with zero attached hydrogens (tertiary/aromatic N) is 3. The van der Waals surface area contributed by atoms with Gasteiger partial charge in [0.15, 0.2) is 10.9 Å². The van der Waals surface area contributed by atoms with Crippen molar-refractivity contribution in [2.75, 3.05) is 39.5 Å². The molecule has 174 valence electrons. The van der Waals surface area contributed by atoms with Crippen LogP contribution in [0.5, 0.6) is 17.4 Å². The summed E-state index contributed by atoms with van der Waals surface area (Å²) < 4.78 is 22.5. The highest BCUT2D eigenvalue weighted by atomic mass is 35.5. The molecule has 0 radical (unpaired) electrons. The number of carbonyl (C=O) groups excluding carboxylic acids is 1. The Kier molecular flexibility index (Phi) is 9.08. The second-order valence-corrected chi connectivity index (χ2v) is 7.84. The summed E-state index contributed by atoms with van der Waals surface area (Å²) in [6, 6.07) is 7.47. The van der Waals surface area contributed by atoms with Gasteiger partial charge in [-0.2, -0.15) is 0 Å². The number of ether oxygens (including phenoxy) is 4. The van der Waals surface area contributed by atoms with Crippen LogP contribution in [-0.4, -0.2) is 60.7 Å². The van der Waals surface area contributed by atoms with Crippen molar-refractivity contribution in [3.8, 4) is 17.4 Å². The smallest absolute Gasteiger partial charge is 0.415 e. The number of carbonyl (C=O) groups is 1. The Bertz CT molecular complexity index is 897. The van der Waals surface area contributed by atoms with Crippen LogP contribution in [0.15, 0.2) is 24.3 Å². The summed E-state index contributed by atoms with van der Waals surface area (Å²) in [6.07, 6.45) is 1.69. The predicted molar refractivity (Wildman–Crippen MR) is 121 cm³/mol. The van der Waals surface area contributed by atoms with E-state index < -0.39 is 6.09 Å². The van der Waals surface area contributed by atoms with Crippen LogP contribution in [0.1, 0.15) is 43.7 Å². The SMILES string of the molecule is CCOCCN(CCOCC)C(=O)Oc1cc(Cl)nnc1Oc1c(C)cccc1C1CC1. The van der Waals surface area contributed by atoms with Crippen LogP contribution in [0, 0.1) is 6.92 Å². The van der Waals surface area contributed by atoms with Crippen LogP contribution in [0.3, 0.4) is 0 Å². The molecule has 9 heteroatoms. The molecular formula is C23H30ClN3O5. The zero-order chi connectivity index (χ0) is 22.9. The molecule has 0 saturated heterocycles. The van der Waals surface area contributed by atoms with Crippen LogP contribution >= 0.6 is 11.6 Å². The van der Waals surface area contributed by atoms with Gasteiger partial charge in [0.1, 0.15) is 5.75 Å². The molecule has 0 N–H and O–H groups in total. The van der Waals surface area contributed by atoms with E-state index >= 15 is 0 Å². The minimum atomic E-state index is -0.564. The maximum absolute atomic E-state index is 12.9. The first-order valence-electron chi connectivity index (χ1n) is 11.0. The molecule has 0 bridgehead atoms. The maximum atomic E-state index is 12.9. The topological polar surface area (TPSA) is 83.0 Å². The maximum Gasteiger partial charge on any atom is 0.415 e. The van der Waals surface area contributed by atoms with Gasteiger partial charge in [-0.1, -0.05) is 29.8 Å². The summed E-state index contributed by atoms with van der Waals surface area (Å²) in [5.41, 5.74) is 2.09. The van der Waals surface area contributed by atoms with Gasteiger partial charge in [-0.3, -0.25) is 0 Å². The number of aryl methyl sites for hydroxylation is 1. The van der Waals surface area contributed by atoms with Crippen molar-refractivity contribution in [2.45, 2.75) is 39.5 Å². The minimum Gasteiger partial charge on any atom is -0.434 e. The fraction of sp³-hybridized carbons (Fsp3) is 0.522. The van der Waals surface area contributed by atoms with E-state index in [9.17, 15) is 4.79 Å². The molecule has 0 spiro atoms. The van der Waals surface area contributed by atoms with Gasteiger partial charge in [0, 0.05) is 32.4 Å². The van der Waals surface area contributed by atoms with Crippen molar-refractivity contribution in [1.82, 2.24) is 15.1 Å². The van der Waals surface area contributed by atoms with Gasteiger partial charge in [-0.15, -0.1) is 10.2 Å². The largest absolute Gasteiger partial charge is 0.434 e. The molecule has 8 nitrogen and oxygen atoms in total. The van der Waals surface area contributed by atoms with E-state index in [1.165, 1.54) is 11.0 Å². The van der Waals surface area contributed by atoms with E-state index in [1.807, 2.05) is 32.9 Å². The van der Waals surface area contributed by atoms with Gasteiger partial charge in [-0.05, 0) is 50.7 Å². The van der Waals surface area contributed by atoms with Gasteiger partial charge in [0.05, 0.1) is 13.2 Å². The summed E-state index contributed by atoms with van der Waals surface area (Å²) in [6.45, 7) is 8.43. The average Bonchev–Trinajstić information content (AvgIpc) is 3.61. The third-order valence-electron chi connectivity index (χ3n) is 5.03. The number of aromatic nitrogens is 2. The fourth-order valence-corrected chi connectivity index (χ4v) is 3.34. The standard InChI is InChI=1S/C23H30ClN3O5/c1-4-29-13-11-27(12-14-30-5-2)23(28)31-19-15-20(24)25-26-22(19)32-21-16(3)7-6-8-18(21)17-9-10-17/h6-8,15,17H,4-5,9-14H2,1-3H3. The van der Waals surface area contributed by atoms with Crippen LogP contribution in [0.4, 0.5) is 4.79 Å². The van der Waals surface area contributed by atoms with Crippen LogP contribution < -0.4 is 9.47 Å². The number of hydrogen-bond acceptors (Lipinski definition) is 7. The van der Waals surface area contributed by atoms with Gasteiger partial charge in [0.2, 0.25) is 0 Å². The molecule has 0 atom stereocenters. The van der Waals surface area contributed by atoms with Crippen molar-refractivity contribution in [3.05, 3.63) is 40.5 Å². The number of hydrogen-bond donors (Lipinski definition) is 0. The molecule has 1 aromatic carbocycles. The van der Waals surface area contributed by atoms with E-state index in [0.29, 0.717) is 51.2 Å². The summed E-state index contributed by atoms with van der Waals surface area (Å²) in [5.74, 6) is 1.39. The highest BCUT2D eigenvalue weighted by molar-refractivity contribution is 6.29. The quantitative estimate of drug-likeness (QED) is 0.410. The molecule has 1 fully saturated rings. The Morgan fingerprint density at radius 1 is 1.12 bits per heavy atom. The van der Waals surface area contributed by atoms with E-state index in [-0.39, 0.29) is 16.8 Å². The minimum absolute atomic E-state index is 0.0912. The van der Waals surface area contributed by atoms with E-state index in [0.717, 1.165) is 24.0 Å². The highest BCUT2D eigenvalue weighted by Crippen LogP contribution is 2.46. The van der Waals surface area contributed by atoms with Crippen molar-refractivity contribution in [3.63, 3.8) is 0 Å². The molecule has 0 aliphatic heterocycles. The Hall–Kier alpha value is -2.42. The zero-order valence-electron chi connectivity index (χ0n) is 18.8. The molecule has 1 aliphatic rings. The third kappa shape index (κ3) is 6.79. The zero-order valence-corrected chi connectivity index (χ0v) is 19.6. The van der Waals surface area contributed by atoms with Gasteiger partial charge in [-0.25, -0.2) is 4.79 Å². The monoisotopic (exact) mass is 463 g/mol. The number of halogens is 1. The Morgan fingerprint density at radius 3 is 2.44 bits per heavy atom. The van der Waals surface area contributed by atoms with E-state index in [1.54, 1.807) is 0 Å². The summed E-state index contributed by atoms with van der Waals surface area (Å²) in [7, 11) is 0. The van der Waals surface area contributed by atoms with Crippen LogP contribution in [0.25, 0.3) is 0 Å². The number of amides is 1. The molecule has 1 saturated carbocycles. The van der Waals surface area contributed by atoms with Crippen LogP contribution in [0.2, 0.25) is 5.15 Å². The summed E-state index contributed by atoms with van der Waals surface area (Å²) in [4.78, 5) is 14.4. The lowest BCUT2D eigenvalue weighted by atomic mass is 10.1. The number of benzene rings is 1. The molecular weight excluding hydrogens is 434 g/mol. The number of rotatable bonds is 12. The first-order valence-corrected chi connectivity index (χ1v) is 11.3. The van der Waals surface area contributed by atoms with Crippen molar-refractivity contribution >= 4 is 17.7 Å². The first kappa shape index (κ1) is 24.2. The molecule has 1 aromatic heterocycles. The predicted octanol–water partition coefficient (Wildman–Crippen LogP) is 4.98. The molecule has 1 heterocycles. The van der Waals surface area contributed by atoms with Crippen molar-refractivity contribution in [1.29, 1.82) is 0 Å². The van der Waals surface area contributed by atoms with E-state index in [4.69, 9.17) is 30.5 Å². The van der Waals surface area contributed by atoms with Crippen LogP contribution in [-0.2, 0) is 9.47 Å². The van der Waals surface area contributed by atoms with Crippen molar-refractivity contribution < 1.29 is 23.7 Å². The second-order valence-electron chi connectivity index (χ2n) is 7.45. The summed E-state index contributed by atoms with van der Waals surface area (Å²) in [5, 5.41) is 8.02. The average molecular weight is 464 g/mol. The normalized spacial score (nSPS) is 13.1. The molecule has 3 rings (SSSR count). The Morgan fingerprint density at radius 2 is 1.81 bits per heavy atom. The highest BCUT2D eigenvalue weighted by Gasteiger charge is 2.29. The van der Waals surface area contributed by atoms with Gasteiger partial charge >= 0.3 is 6.09 Å². The molecule has 1 amide bonds. The Balaban J connectivity index is 1.79. The molecule has 1 aliphatic carbocycles. The lowest BCUT2D eigenvalue weighted by Crippen LogP contribution is -2.38. The Labute approximate surface area is 193 Å². The molecule has 0 unspecified atom stereocenters. The lowest BCUT2D eigenvalue weighted by molar-refractivity contribution is 0.0790. The van der Waals surface area contributed by atoms with Crippen molar-refractivity contribution in [2.24, 2.45) is 0 Å². The summed E-state index contributed by atoms with van der Waals surface area (Å²) >= 11 is 6.04. The van der Waals surface area contributed by atoms with Gasteiger partial charge < -0.3 is 23.8 Å².